The first-order valence-electron chi connectivity index (χ1n) is 6.50. The highest BCUT2D eigenvalue weighted by Gasteiger charge is 2.07. The fourth-order valence-electron chi connectivity index (χ4n) is 2.13. The second kappa shape index (κ2) is 5.17. The Morgan fingerprint density at radius 2 is 1.95 bits per heavy atom. The van der Waals surface area contributed by atoms with Crippen LogP contribution in [0.2, 0.25) is 0 Å². The third-order valence-electron chi connectivity index (χ3n) is 3.13. The van der Waals surface area contributed by atoms with Crippen molar-refractivity contribution in [3.63, 3.8) is 0 Å². The van der Waals surface area contributed by atoms with Gasteiger partial charge in [0.15, 0.2) is 0 Å². The number of imidazole rings is 1. The number of nitrogens with one attached hydrogen (secondary N) is 1. The summed E-state index contributed by atoms with van der Waals surface area (Å²) in [6.07, 6.45) is 3.71. The van der Waals surface area contributed by atoms with Crippen LogP contribution in [-0.4, -0.2) is 15.3 Å². The van der Waals surface area contributed by atoms with Crippen molar-refractivity contribution < 1.29 is 4.79 Å². The molecule has 0 unspecified atom stereocenters. The summed E-state index contributed by atoms with van der Waals surface area (Å²) < 4.78 is 1.87. The molecule has 0 saturated carbocycles. The number of nitrogens with zero attached hydrogens (tertiary/aromatic N) is 2. The van der Waals surface area contributed by atoms with E-state index in [2.05, 4.69) is 10.3 Å². The molecule has 2 heterocycles. The standard InChI is InChI=1S/C16H15N3O/c1-12-10-19-11-14(7-8-15(19)18-12)16(20)17-9-13-5-3-2-4-6-13/h2-8,10-11H,9H2,1H3,(H,17,20). The van der Waals surface area contributed by atoms with Crippen LogP contribution >= 0.6 is 0 Å². The molecule has 4 nitrogen and oxygen atoms in total. The van der Waals surface area contributed by atoms with E-state index >= 15 is 0 Å². The Labute approximate surface area is 117 Å². The maximum Gasteiger partial charge on any atom is 0.253 e. The van der Waals surface area contributed by atoms with Gasteiger partial charge in [0.1, 0.15) is 5.65 Å². The Morgan fingerprint density at radius 1 is 1.15 bits per heavy atom. The number of carbonyl (C=O) groups excluding carboxylic acids is 1. The van der Waals surface area contributed by atoms with E-state index in [0.717, 1.165) is 16.9 Å². The van der Waals surface area contributed by atoms with E-state index in [1.165, 1.54) is 0 Å². The summed E-state index contributed by atoms with van der Waals surface area (Å²) in [7, 11) is 0. The maximum absolute atomic E-state index is 12.1. The summed E-state index contributed by atoms with van der Waals surface area (Å²) in [5, 5.41) is 2.91. The zero-order valence-corrected chi connectivity index (χ0v) is 11.2. The molecule has 0 fully saturated rings. The van der Waals surface area contributed by atoms with Crippen molar-refractivity contribution in [3.05, 3.63) is 71.7 Å². The quantitative estimate of drug-likeness (QED) is 0.791. The minimum absolute atomic E-state index is 0.0814. The third-order valence-corrected chi connectivity index (χ3v) is 3.13. The fraction of sp³-hybridized carbons (Fsp3) is 0.125. The number of carbonyl (C=O) groups is 1. The smallest absolute Gasteiger partial charge is 0.253 e. The average Bonchev–Trinajstić information content (AvgIpc) is 2.85. The number of amides is 1. The summed E-state index contributed by atoms with van der Waals surface area (Å²) in [6, 6.07) is 13.5. The van der Waals surface area contributed by atoms with Gasteiger partial charge in [-0.25, -0.2) is 4.98 Å². The molecule has 20 heavy (non-hydrogen) atoms. The van der Waals surface area contributed by atoms with Gasteiger partial charge >= 0.3 is 0 Å². The monoisotopic (exact) mass is 265 g/mol. The molecule has 0 aliphatic carbocycles. The predicted molar refractivity (Wildman–Crippen MR) is 77.5 cm³/mol. The molecule has 1 amide bonds. The normalized spacial score (nSPS) is 10.7. The van der Waals surface area contributed by atoms with Crippen LogP contribution in [0.5, 0.6) is 0 Å². The van der Waals surface area contributed by atoms with Crippen LogP contribution in [0, 0.1) is 6.92 Å². The lowest BCUT2D eigenvalue weighted by Gasteiger charge is -2.05. The van der Waals surface area contributed by atoms with Crippen molar-refractivity contribution in [3.8, 4) is 0 Å². The van der Waals surface area contributed by atoms with E-state index in [4.69, 9.17) is 0 Å². The van der Waals surface area contributed by atoms with Gasteiger partial charge in [-0.1, -0.05) is 30.3 Å². The molecule has 100 valence electrons. The second-order valence-corrected chi connectivity index (χ2v) is 4.73. The molecule has 0 radical (unpaired) electrons. The number of pyridine rings is 1. The van der Waals surface area contributed by atoms with Crippen molar-refractivity contribution in [1.29, 1.82) is 0 Å². The van der Waals surface area contributed by atoms with Gasteiger partial charge in [-0.3, -0.25) is 4.79 Å². The van der Waals surface area contributed by atoms with E-state index in [-0.39, 0.29) is 5.91 Å². The van der Waals surface area contributed by atoms with Gasteiger partial charge in [-0.2, -0.15) is 0 Å². The van der Waals surface area contributed by atoms with Gasteiger partial charge < -0.3 is 9.72 Å². The van der Waals surface area contributed by atoms with Gasteiger partial charge in [0.2, 0.25) is 0 Å². The first kappa shape index (κ1) is 12.4. The first-order chi connectivity index (χ1) is 9.72. The van der Waals surface area contributed by atoms with Gasteiger partial charge in [-0.15, -0.1) is 0 Å². The number of benzene rings is 1. The van der Waals surface area contributed by atoms with Crippen LogP contribution in [0.1, 0.15) is 21.6 Å². The van der Waals surface area contributed by atoms with Crippen LogP contribution < -0.4 is 5.32 Å². The molecular weight excluding hydrogens is 250 g/mol. The van der Waals surface area contributed by atoms with E-state index in [9.17, 15) is 4.79 Å². The number of hydrogen-bond acceptors (Lipinski definition) is 2. The number of rotatable bonds is 3. The van der Waals surface area contributed by atoms with E-state index in [1.807, 2.05) is 53.9 Å². The average molecular weight is 265 g/mol. The van der Waals surface area contributed by atoms with E-state index < -0.39 is 0 Å². The summed E-state index contributed by atoms with van der Waals surface area (Å²) in [6.45, 7) is 2.46. The number of aryl methyl sites for hydroxylation is 1. The third kappa shape index (κ3) is 2.54. The Kier molecular flexibility index (Phi) is 3.21. The van der Waals surface area contributed by atoms with Crippen LogP contribution in [0.3, 0.4) is 0 Å². The lowest BCUT2D eigenvalue weighted by atomic mass is 10.2. The van der Waals surface area contributed by atoms with E-state index in [1.54, 1.807) is 12.3 Å². The molecule has 0 bridgehead atoms. The van der Waals surface area contributed by atoms with Crippen LogP contribution in [0.15, 0.2) is 54.9 Å². The Morgan fingerprint density at radius 3 is 2.75 bits per heavy atom. The zero-order valence-electron chi connectivity index (χ0n) is 11.2. The second-order valence-electron chi connectivity index (χ2n) is 4.73. The van der Waals surface area contributed by atoms with Crippen LogP contribution in [0.25, 0.3) is 5.65 Å². The SMILES string of the molecule is Cc1cn2cc(C(=O)NCc3ccccc3)ccc2n1. The lowest BCUT2D eigenvalue weighted by Crippen LogP contribution is -2.23. The molecule has 0 aliphatic heterocycles. The highest BCUT2D eigenvalue weighted by Crippen LogP contribution is 2.07. The molecule has 3 aromatic rings. The largest absolute Gasteiger partial charge is 0.348 e. The molecule has 0 spiro atoms. The van der Waals surface area contributed by atoms with Gasteiger partial charge in [0.05, 0.1) is 11.3 Å². The van der Waals surface area contributed by atoms with Crippen LogP contribution in [-0.2, 0) is 6.54 Å². The Balaban J connectivity index is 1.75. The number of fused-ring (bicyclic) bond motifs is 1. The summed E-state index contributed by atoms with van der Waals surface area (Å²) in [4.78, 5) is 16.5. The summed E-state index contributed by atoms with van der Waals surface area (Å²) in [5.41, 5.74) is 3.50. The molecule has 0 saturated heterocycles. The summed E-state index contributed by atoms with van der Waals surface area (Å²) in [5.74, 6) is -0.0814. The molecule has 0 atom stereocenters. The highest BCUT2D eigenvalue weighted by molar-refractivity contribution is 5.94. The lowest BCUT2D eigenvalue weighted by molar-refractivity contribution is 0.0950. The van der Waals surface area contributed by atoms with Gasteiger partial charge in [0.25, 0.3) is 5.91 Å². The zero-order chi connectivity index (χ0) is 13.9. The topological polar surface area (TPSA) is 46.4 Å². The molecule has 4 heteroatoms. The molecule has 3 rings (SSSR count). The van der Waals surface area contributed by atoms with Crippen LogP contribution in [0.4, 0.5) is 0 Å². The Bertz CT molecular complexity index is 747. The van der Waals surface area contributed by atoms with Crippen molar-refractivity contribution in [1.82, 2.24) is 14.7 Å². The predicted octanol–water partition coefficient (Wildman–Crippen LogP) is 2.57. The summed E-state index contributed by atoms with van der Waals surface area (Å²) >= 11 is 0. The molecule has 0 aliphatic rings. The Hall–Kier alpha value is -2.62. The number of aromatic nitrogens is 2. The minimum atomic E-state index is -0.0814. The van der Waals surface area contributed by atoms with E-state index in [0.29, 0.717) is 12.1 Å². The molecule has 1 N–H and O–H groups in total. The van der Waals surface area contributed by atoms with Crippen molar-refractivity contribution in [2.75, 3.05) is 0 Å². The fourth-order valence-corrected chi connectivity index (χ4v) is 2.13. The number of hydrogen-bond donors (Lipinski definition) is 1. The molecular formula is C16H15N3O. The van der Waals surface area contributed by atoms with Crippen molar-refractivity contribution in [2.45, 2.75) is 13.5 Å². The van der Waals surface area contributed by atoms with Gasteiger partial charge in [0, 0.05) is 18.9 Å². The van der Waals surface area contributed by atoms with Crippen molar-refractivity contribution in [2.24, 2.45) is 0 Å². The minimum Gasteiger partial charge on any atom is -0.348 e. The highest BCUT2D eigenvalue weighted by atomic mass is 16.1. The molecule has 2 aromatic heterocycles. The van der Waals surface area contributed by atoms with Gasteiger partial charge in [-0.05, 0) is 24.6 Å². The first-order valence-corrected chi connectivity index (χ1v) is 6.50. The maximum atomic E-state index is 12.1. The molecule has 1 aromatic carbocycles. The van der Waals surface area contributed by atoms with Crippen molar-refractivity contribution >= 4 is 11.6 Å².